The number of ether oxygens (including phenoxy) is 1. The minimum absolute atomic E-state index is 0.468. The normalized spacial score (nSPS) is 11.7. The van der Waals surface area contributed by atoms with Gasteiger partial charge in [0.1, 0.15) is 18.1 Å². The Balaban J connectivity index is 2.29. The number of rotatable bonds is 9. The second-order valence-electron chi connectivity index (χ2n) is 5.56. The zero-order valence-electron chi connectivity index (χ0n) is 13.0. The van der Waals surface area contributed by atoms with Gasteiger partial charge >= 0.3 is 0 Å². The summed E-state index contributed by atoms with van der Waals surface area (Å²) in [6.07, 6.45) is 1.05. The van der Waals surface area contributed by atoms with Crippen LogP contribution in [0, 0.1) is 6.92 Å². The van der Waals surface area contributed by atoms with E-state index in [1.807, 2.05) is 0 Å². The second kappa shape index (κ2) is 8.35. The summed E-state index contributed by atoms with van der Waals surface area (Å²) in [6, 6.07) is 2.54. The Kier molecular flexibility index (Phi) is 7.13. The summed E-state index contributed by atoms with van der Waals surface area (Å²) in [6.45, 7) is 9.52. The van der Waals surface area contributed by atoms with Crippen molar-refractivity contribution >= 4 is 0 Å². The lowest BCUT2D eigenvalue weighted by Crippen LogP contribution is -2.21. The van der Waals surface area contributed by atoms with Crippen LogP contribution in [0.15, 0.2) is 10.5 Å². The van der Waals surface area contributed by atoms with Crippen molar-refractivity contribution in [3.63, 3.8) is 0 Å². The molecule has 0 radical (unpaired) electrons. The summed E-state index contributed by atoms with van der Waals surface area (Å²) < 4.78 is 11.4. The molecule has 1 rings (SSSR count). The van der Waals surface area contributed by atoms with Gasteiger partial charge in [0.05, 0.1) is 6.54 Å². The zero-order valence-corrected chi connectivity index (χ0v) is 13.0. The van der Waals surface area contributed by atoms with Gasteiger partial charge in [0.25, 0.3) is 0 Å². The first kappa shape index (κ1) is 16.2. The molecule has 0 saturated carbocycles. The van der Waals surface area contributed by atoms with Gasteiger partial charge in [-0.05, 0) is 45.6 Å². The number of hydrogen-bond acceptors (Lipinski definition) is 4. The van der Waals surface area contributed by atoms with Crippen LogP contribution in [0.3, 0.4) is 0 Å². The zero-order chi connectivity index (χ0) is 14.3. The number of furan rings is 1. The Morgan fingerprint density at radius 1 is 1.37 bits per heavy atom. The molecule has 1 heterocycles. The molecule has 1 N–H and O–H groups in total. The van der Waals surface area contributed by atoms with Crippen molar-refractivity contribution in [3.8, 4) is 0 Å². The number of hydrogen-bond donors (Lipinski definition) is 1. The van der Waals surface area contributed by atoms with Crippen LogP contribution in [-0.2, 0) is 17.9 Å². The van der Waals surface area contributed by atoms with Gasteiger partial charge in [-0.2, -0.15) is 0 Å². The van der Waals surface area contributed by atoms with Crippen LogP contribution in [0.2, 0.25) is 0 Å². The summed E-state index contributed by atoms with van der Waals surface area (Å²) in [7, 11) is 4.15. The van der Waals surface area contributed by atoms with Crippen LogP contribution in [0.1, 0.15) is 37.4 Å². The molecule has 0 fully saturated rings. The third-order valence-corrected chi connectivity index (χ3v) is 2.88. The Bertz CT molecular complexity index is 359. The van der Waals surface area contributed by atoms with Crippen LogP contribution < -0.4 is 5.32 Å². The van der Waals surface area contributed by atoms with Gasteiger partial charge in [0.15, 0.2) is 0 Å². The quantitative estimate of drug-likeness (QED) is 0.699. The first-order chi connectivity index (χ1) is 8.99. The maximum Gasteiger partial charge on any atom is 0.130 e. The first-order valence-electron chi connectivity index (χ1n) is 7.03. The first-order valence-corrected chi connectivity index (χ1v) is 7.03. The van der Waals surface area contributed by atoms with Crippen molar-refractivity contribution < 1.29 is 9.15 Å². The van der Waals surface area contributed by atoms with E-state index in [2.05, 4.69) is 51.1 Å². The molecule has 0 bridgehead atoms. The van der Waals surface area contributed by atoms with Crippen LogP contribution in [0.5, 0.6) is 0 Å². The molecule has 0 atom stereocenters. The fraction of sp³-hybridized carbons (Fsp3) is 0.733. The van der Waals surface area contributed by atoms with Crippen molar-refractivity contribution in [3.05, 3.63) is 23.2 Å². The molecule has 4 heteroatoms. The Hall–Kier alpha value is -0.840. The molecule has 19 heavy (non-hydrogen) atoms. The molecule has 0 saturated heterocycles. The van der Waals surface area contributed by atoms with E-state index in [0.29, 0.717) is 12.6 Å². The Morgan fingerprint density at radius 3 is 2.74 bits per heavy atom. The predicted octanol–water partition coefficient (Wildman–Crippen LogP) is 2.55. The van der Waals surface area contributed by atoms with E-state index in [9.17, 15) is 0 Å². The largest absolute Gasteiger partial charge is 0.462 e. The van der Waals surface area contributed by atoms with Crippen molar-refractivity contribution in [2.75, 3.05) is 27.2 Å². The van der Waals surface area contributed by atoms with Crippen molar-refractivity contribution in [2.45, 2.75) is 46.4 Å². The van der Waals surface area contributed by atoms with Gasteiger partial charge in [-0.25, -0.2) is 0 Å². The van der Waals surface area contributed by atoms with E-state index >= 15 is 0 Å². The molecule has 0 unspecified atom stereocenters. The lowest BCUT2D eigenvalue weighted by molar-refractivity contribution is 0.0984. The number of nitrogens with one attached hydrogen (secondary N) is 1. The highest BCUT2D eigenvalue weighted by molar-refractivity contribution is 5.19. The molecule has 0 aliphatic rings. The monoisotopic (exact) mass is 268 g/mol. The van der Waals surface area contributed by atoms with Gasteiger partial charge < -0.3 is 19.4 Å². The molecule has 0 aromatic carbocycles. The predicted molar refractivity (Wildman–Crippen MR) is 78.2 cm³/mol. The smallest absolute Gasteiger partial charge is 0.130 e. The summed E-state index contributed by atoms with van der Waals surface area (Å²) in [5, 5.41) is 3.36. The van der Waals surface area contributed by atoms with Crippen LogP contribution >= 0.6 is 0 Å². The maximum atomic E-state index is 5.79. The Morgan fingerprint density at radius 2 is 2.11 bits per heavy atom. The number of aryl methyl sites for hydroxylation is 1. The van der Waals surface area contributed by atoms with E-state index in [4.69, 9.17) is 9.15 Å². The fourth-order valence-corrected chi connectivity index (χ4v) is 1.79. The fourth-order valence-electron chi connectivity index (χ4n) is 1.79. The SMILES string of the molecule is Cc1cc(COCCCN(C)C)oc1CNC(C)C. The van der Waals surface area contributed by atoms with Crippen molar-refractivity contribution in [1.29, 1.82) is 0 Å². The molecule has 4 nitrogen and oxygen atoms in total. The molecule has 0 spiro atoms. The molecule has 1 aromatic heterocycles. The van der Waals surface area contributed by atoms with Crippen LogP contribution in [0.25, 0.3) is 0 Å². The highest BCUT2D eigenvalue weighted by Gasteiger charge is 2.08. The molecule has 1 aromatic rings. The average Bonchev–Trinajstić information content (AvgIpc) is 2.66. The molecular weight excluding hydrogens is 240 g/mol. The lowest BCUT2D eigenvalue weighted by Gasteiger charge is -2.08. The lowest BCUT2D eigenvalue weighted by atomic mass is 10.2. The second-order valence-corrected chi connectivity index (χ2v) is 5.56. The maximum absolute atomic E-state index is 5.79. The number of nitrogens with zero attached hydrogens (tertiary/aromatic N) is 1. The van der Waals surface area contributed by atoms with E-state index < -0.39 is 0 Å². The van der Waals surface area contributed by atoms with E-state index in [0.717, 1.165) is 37.6 Å². The molecule has 0 amide bonds. The summed E-state index contributed by atoms with van der Waals surface area (Å²) in [5.74, 6) is 1.93. The molecular formula is C15H28N2O2. The van der Waals surface area contributed by atoms with E-state index in [1.54, 1.807) is 0 Å². The van der Waals surface area contributed by atoms with E-state index in [1.165, 1.54) is 5.56 Å². The summed E-state index contributed by atoms with van der Waals surface area (Å²) >= 11 is 0. The third kappa shape index (κ3) is 6.76. The van der Waals surface area contributed by atoms with Gasteiger partial charge in [-0.1, -0.05) is 13.8 Å². The summed E-state index contributed by atoms with van der Waals surface area (Å²) in [4.78, 5) is 2.16. The van der Waals surface area contributed by atoms with Gasteiger partial charge in [0.2, 0.25) is 0 Å². The highest BCUT2D eigenvalue weighted by Crippen LogP contribution is 2.15. The molecule has 110 valence electrons. The van der Waals surface area contributed by atoms with Crippen molar-refractivity contribution in [1.82, 2.24) is 10.2 Å². The average molecular weight is 268 g/mol. The minimum atomic E-state index is 0.468. The third-order valence-electron chi connectivity index (χ3n) is 2.88. The van der Waals surface area contributed by atoms with Crippen LogP contribution in [-0.4, -0.2) is 38.2 Å². The Labute approximate surface area is 117 Å². The van der Waals surface area contributed by atoms with Gasteiger partial charge in [0, 0.05) is 12.6 Å². The summed E-state index contributed by atoms with van der Waals surface area (Å²) in [5.41, 5.74) is 1.19. The highest BCUT2D eigenvalue weighted by atomic mass is 16.5. The van der Waals surface area contributed by atoms with Gasteiger partial charge in [-0.3, -0.25) is 0 Å². The molecule has 0 aliphatic heterocycles. The van der Waals surface area contributed by atoms with Gasteiger partial charge in [-0.15, -0.1) is 0 Å². The topological polar surface area (TPSA) is 37.6 Å². The minimum Gasteiger partial charge on any atom is -0.462 e. The van der Waals surface area contributed by atoms with Crippen molar-refractivity contribution in [2.24, 2.45) is 0 Å². The standard InChI is InChI=1S/C15H28N2O2/c1-12(2)16-10-15-13(3)9-14(19-15)11-18-8-6-7-17(4)5/h9,12,16H,6-8,10-11H2,1-5H3. The van der Waals surface area contributed by atoms with E-state index in [-0.39, 0.29) is 0 Å². The van der Waals surface area contributed by atoms with Crippen LogP contribution in [0.4, 0.5) is 0 Å². The molecule has 0 aliphatic carbocycles.